The maximum absolute atomic E-state index is 13.0. The molecule has 21 heavy (non-hydrogen) atoms. The summed E-state index contributed by atoms with van der Waals surface area (Å²) in [5.41, 5.74) is -0.0430. The summed E-state index contributed by atoms with van der Waals surface area (Å²) in [6.45, 7) is -0.396. The van der Waals surface area contributed by atoms with Gasteiger partial charge in [-0.1, -0.05) is 0 Å². The number of rotatable bonds is 3. The Morgan fingerprint density at radius 1 is 1.48 bits per heavy atom. The molecule has 0 spiro atoms. The minimum Gasteiger partial charge on any atom is -0.508 e. The predicted molar refractivity (Wildman–Crippen MR) is 70.2 cm³/mol. The monoisotopic (exact) mass is 317 g/mol. The number of halogens is 1. The maximum atomic E-state index is 13.0. The lowest BCUT2D eigenvalue weighted by Crippen LogP contribution is -2.28. The Bertz CT molecular complexity index is 702. The van der Waals surface area contributed by atoms with Crippen LogP contribution in [0.5, 0.6) is 5.75 Å². The molecule has 0 radical (unpaired) electrons. The summed E-state index contributed by atoms with van der Waals surface area (Å²) in [6.07, 6.45) is -0.500. The van der Waals surface area contributed by atoms with Crippen molar-refractivity contribution in [2.75, 3.05) is 18.6 Å². The third-order valence-corrected chi connectivity index (χ3v) is 4.28. The van der Waals surface area contributed by atoms with Crippen molar-refractivity contribution in [1.29, 1.82) is 0 Å². The molecule has 0 saturated carbocycles. The van der Waals surface area contributed by atoms with Crippen LogP contribution in [0.15, 0.2) is 18.2 Å². The van der Waals surface area contributed by atoms with E-state index in [0.717, 1.165) is 18.1 Å². The normalized spacial score (nSPS) is 18.9. The number of benzene rings is 1. The summed E-state index contributed by atoms with van der Waals surface area (Å²) in [4.78, 5) is 24.5. The van der Waals surface area contributed by atoms with Gasteiger partial charge < -0.3 is 14.7 Å². The molecule has 2 rings (SSSR count). The zero-order chi connectivity index (χ0) is 15.8. The molecular weight excluding hydrogens is 305 g/mol. The Morgan fingerprint density at radius 3 is 2.67 bits per heavy atom. The first-order valence-corrected chi connectivity index (χ1v) is 7.34. The van der Waals surface area contributed by atoms with Crippen LogP contribution in [0.4, 0.5) is 9.57 Å². The minimum atomic E-state index is -4.85. The molecule has 1 fully saturated rings. The van der Waals surface area contributed by atoms with Gasteiger partial charge in [0.05, 0.1) is 18.4 Å². The topological polar surface area (TPSA) is 101 Å². The summed E-state index contributed by atoms with van der Waals surface area (Å²) in [7, 11) is -3.73. The molecule has 1 aliphatic rings. The molecule has 1 aromatic rings. The highest BCUT2D eigenvalue weighted by molar-refractivity contribution is 7.87. The molecular formula is C12H12FNO6S. The number of nitrogens with zero attached hydrogens (tertiary/aromatic N) is 1. The first kappa shape index (κ1) is 15.2. The van der Waals surface area contributed by atoms with Crippen LogP contribution in [0.25, 0.3) is 0 Å². The van der Waals surface area contributed by atoms with Gasteiger partial charge in [-0.05, 0) is 18.2 Å². The second kappa shape index (κ2) is 5.32. The number of anilines is 1. The Balaban J connectivity index is 2.43. The number of ether oxygens (including phenoxy) is 1. The van der Waals surface area contributed by atoms with Gasteiger partial charge in [0.25, 0.3) is 0 Å². The summed E-state index contributed by atoms with van der Waals surface area (Å²) < 4.78 is 39.4. The van der Waals surface area contributed by atoms with Crippen molar-refractivity contribution in [3.63, 3.8) is 0 Å². The number of carbonyl (C=O) groups is 2. The lowest BCUT2D eigenvalue weighted by atomic mass is 10.1. The van der Waals surface area contributed by atoms with Crippen molar-refractivity contribution in [2.45, 2.75) is 11.7 Å². The fraction of sp³-hybridized carbons (Fsp3) is 0.333. The zero-order valence-electron chi connectivity index (χ0n) is 10.9. The molecule has 0 aromatic heterocycles. The van der Waals surface area contributed by atoms with Gasteiger partial charge >= 0.3 is 16.2 Å². The van der Waals surface area contributed by atoms with Crippen molar-refractivity contribution in [2.24, 2.45) is 0 Å². The lowest BCUT2D eigenvalue weighted by Gasteiger charge is -2.19. The molecule has 1 amide bonds. The molecule has 7 nitrogen and oxygen atoms in total. The van der Waals surface area contributed by atoms with E-state index >= 15 is 0 Å². The average Bonchev–Trinajstić information content (AvgIpc) is 2.80. The molecule has 0 aliphatic carbocycles. The number of amides is 1. The highest BCUT2D eigenvalue weighted by Crippen LogP contribution is 2.31. The van der Waals surface area contributed by atoms with E-state index in [2.05, 4.69) is 4.74 Å². The lowest BCUT2D eigenvalue weighted by molar-refractivity contribution is -0.117. The van der Waals surface area contributed by atoms with Crippen LogP contribution in [-0.2, 0) is 19.8 Å². The predicted octanol–water partition coefficient (Wildman–Crippen LogP) is 0.583. The van der Waals surface area contributed by atoms with E-state index in [1.165, 1.54) is 12.1 Å². The fourth-order valence-corrected chi connectivity index (χ4v) is 2.80. The molecule has 0 bridgehead atoms. The number of methoxy groups -OCH3 is 1. The van der Waals surface area contributed by atoms with E-state index in [-0.39, 0.29) is 17.0 Å². The number of aromatic hydroxyl groups is 1. The second-order valence-electron chi connectivity index (χ2n) is 4.50. The van der Waals surface area contributed by atoms with Crippen LogP contribution in [0.2, 0.25) is 0 Å². The highest BCUT2D eigenvalue weighted by Gasteiger charge is 2.40. The van der Waals surface area contributed by atoms with Crippen molar-refractivity contribution in [3.05, 3.63) is 23.8 Å². The molecule has 1 saturated heterocycles. The fourth-order valence-electron chi connectivity index (χ4n) is 2.13. The highest BCUT2D eigenvalue weighted by atomic mass is 32.3. The first-order valence-electron chi connectivity index (χ1n) is 5.89. The van der Waals surface area contributed by atoms with Crippen LogP contribution in [0, 0.1) is 0 Å². The van der Waals surface area contributed by atoms with Gasteiger partial charge in [0, 0.05) is 13.0 Å². The van der Waals surface area contributed by atoms with Gasteiger partial charge in [-0.25, -0.2) is 4.79 Å². The molecule has 9 heteroatoms. The van der Waals surface area contributed by atoms with Crippen LogP contribution < -0.4 is 4.90 Å². The largest absolute Gasteiger partial charge is 0.508 e. The number of hydrogen-bond acceptors (Lipinski definition) is 6. The van der Waals surface area contributed by atoms with Gasteiger partial charge in [-0.2, -0.15) is 8.42 Å². The average molecular weight is 317 g/mol. The number of phenolic OH excluding ortho intramolecular Hbond substituents is 1. The van der Waals surface area contributed by atoms with Crippen LogP contribution >= 0.6 is 0 Å². The molecule has 1 unspecified atom stereocenters. The molecule has 1 heterocycles. The van der Waals surface area contributed by atoms with Gasteiger partial charge in [-0.15, -0.1) is 3.89 Å². The minimum absolute atomic E-state index is 0.0656. The van der Waals surface area contributed by atoms with E-state index in [9.17, 15) is 27.0 Å². The Kier molecular flexibility index (Phi) is 3.86. The quantitative estimate of drug-likeness (QED) is 0.646. The molecule has 1 aliphatic heterocycles. The van der Waals surface area contributed by atoms with Crippen molar-refractivity contribution in [3.8, 4) is 5.75 Å². The smallest absolute Gasteiger partial charge is 0.340 e. The maximum Gasteiger partial charge on any atom is 0.340 e. The van der Waals surface area contributed by atoms with Crippen molar-refractivity contribution >= 4 is 27.8 Å². The van der Waals surface area contributed by atoms with E-state index < -0.39 is 40.3 Å². The van der Waals surface area contributed by atoms with E-state index in [1.807, 2.05) is 0 Å². The van der Waals surface area contributed by atoms with E-state index in [4.69, 9.17) is 0 Å². The van der Waals surface area contributed by atoms with Crippen molar-refractivity contribution < 1.29 is 31.7 Å². The summed E-state index contributed by atoms with van der Waals surface area (Å²) in [5, 5.41) is 7.94. The summed E-state index contributed by atoms with van der Waals surface area (Å²) in [6, 6.07) is 3.59. The summed E-state index contributed by atoms with van der Waals surface area (Å²) in [5.74, 6) is -1.65. The SMILES string of the molecule is COC(=O)c1cc(O)ccc1N1CC(S(=O)(=O)F)CC1=O. The number of esters is 1. The zero-order valence-corrected chi connectivity index (χ0v) is 11.8. The van der Waals surface area contributed by atoms with E-state index in [0.29, 0.717) is 0 Å². The van der Waals surface area contributed by atoms with Crippen LogP contribution in [0.1, 0.15) is 16.8 Å². The Morgan fingerprint density at radius 2 is 2.14 bits per heavy atom. The second-order valence-corrected chi connectivity index (χ2v) is 6.12. The third-order valence-electron chi connectivity index (χ3n) is 3.16. The van der Waals surface area contributed by atoms with Crippen molar-refractivity contribution in [1.82, 2.24) is 0 Å². The Labute approximate surface area is 120 Å². The molecule has 1 aromatic carbocycles. The van der Waals surface area contributed by atoms with Gasteiger partial charge in [-0.3, -0.25) is 4.79 Å². The molecule has 114 valence electrons. The van der Waals surface area contributed by atoms with Crippen LogP contribution in [-0.4, -0.2) is 44.3 Å². The number of carbonyl (C=O) groups excluding carboxylic acids is 2. The third kappa shape index (κ3) is 2.97. The molecule has 1 atom stereocenters. The first-order chi connectivity index (χ1) is 9.74. The van der Waals surface area contributed by atoms with E-state index in [1.54, 1.807) is 0 Å². The van der Waals surface area contributed by atoms with Gasteiger partial charge in [0.2, 0.25) is 5.91 Å². The summed E-state index contributed by atoms with van der Waals surface area (Å²) >= 11 is 0. The van der Waals surface area contributed by atoms with Gasteiger partial charge in [0.1, 0.15) is 11.0 Å². The number of phenols is 1. The van der Waals surface area contributed by atoms with Crippen LogP contribution in [0.3, 0.4) is 0 Å². The number of hydrogen-bond donors (Lipinski definition) is 1. The molecule has 1 N–H and O–H groups in total. The Hall–Kier alpha value is -2.16. The standard InChI is InChI=1S/C12H12FNO6S/c1-20-12(17)9-4-7(15)2-3-10(9)14-6-8(5-11(14)16)21(13,18)19/h2-4,8,15H,5-6H2,1H3. The van der Waals surface area contributed by atoms with Gasteiger partial charge in [0.15, 0.2) is 0 Å².